The Hall–Kier alpha value is -0.890. The smallest absolute Gasteiger partial charge is 0.112 e. The van der Waals surface area contributed by atoms with Crippen LogP contribution in [0.25, 0.3) is 10.4 Å². The van der Waals surface area contributed by atoms with Crippen molar-refractivity contribution in [2.75, 3.05) is 13.2 Å². The number of hydrogen-bond acceptors (Lipinski definition) is 6. The highest BCUT2D eigenvalue weighted by Gasteiger charge is 2.47. The van der Waals surface area contributed by atoms with E-state index >= 15 is 0 Å². The van der Waals surface area contributed by atoms with Crippen molar-refractivity contribution in [2.24, 2.45) is 5.11 Å². The van der Waals surface area contributed by atoms with Crippen molar-refractivity contribution in [2.45, 2.75) is 43.0 Å². The first-order chi connectivity index (χ1) is 8.17. The van der Waals surface area contributed by atoms with E-state index in [1.54, 1.807) is 0 Å². The summed E-state index contributed by atoms with van der Waals surface area (Å²) in [6.07, 6.45) is -3.81. The molecule has 0 unspecified atom stereocenters. The first-order valence-electron chi connectivity index (χ1n) is 5.45. The topological polar surface area (TPSA) is 128 Å². The van der Waals surface area contributed by atoms with Gasteiger partial charge in [-0.25, -0.2) is 0 Å². The number of aliphatic hydroxyl groups is 3. The highest BCUT2D eigenvalue weighted by atomic mass is 16.6. The van der Waals surface area contributed by atoms with Crippen molar-refractivity contribution in [1.82, 2.24) is 0 Å². The third kappa shape index (κ3) is 2.37. The minimum Gasteiger partial charge on any atom is -0.394 e. The van der Waals surface area contributed by atoms with Gasteiger partial charge >= 0.3 is 0 Å². The lowest BCUT2D eigenvalue weighted by atomic mass is 9.90. The van der Waals surface area contributed by atoms with Crippen LogP contribution in [0.4, 0.5) is 0 Å². The molecule has 2 heterocycles. The van der Waals surface area contributed by atoms with Gasteiger partial charge in [0.2, 0.25) is 0 Å². The Labute approximate surface area is 97.4 Å². The summed E-state index contributed by atoms with van der Waals surface area (Å²) in [5.41, 5.74) is 8.34. The molecule has 0 bridgehead atoms. The fourth-order valence-electron chi connectivity index (χ4n) is 2.28. The first-order valence-corrected chi connectivity index (χ1v) is 5.45. The van der Waals surface area contributed by atoms with Gasteiger partial charge in [-0.1, -0.05) is 5.11 Å². The lowest BCUT2D eigenvalue weighted by Crippen LogP contribution is -2.61. The van der Waals surface area contributed by atoms with Crippen LogP contribution in [0.15, 0.2) is 5.11 Å². The molecule has 2 saturated heterocycles. The standard InChI is InChI=1S/C9H15N3O5/c10-12-11-4-1-5-9(16-3-4)8(15)7(14)6(2-13)17-5/h4-9,13-15H,1-3H2/t4-,5+,6-,7-,8+,9+/m1/s1. The zero-order chi connectivity index (χ0) is 12.4. The second-order valence-corrected chi connectivity index (χ2v) is 4.27. The predicted molar refractivity (Wildman–Crippen MR) is 55.1 cm³/mol. The van der Waals surface area contributed by atoms with E-state index in [9.17, 15) is 10.2 Å². The fourth-order valence-corrected chi connectivity index (χ4v) is 2.28. The lowest BCUT2D eigenvalue weighted by molar-refractivity contribution is -0.256. The maximum absolute atomic E-state index is 9.82. The third-order valence-corrected chi connectivity index (χ3v) is 3.16. The molecule has 0 aromatic heterocycles. The van der Waals surface area contributed by atoms with Crippen LogP contribution in [0.2, 0.25) is 0 Å². The average molecular weight is 245 g/mol. The molecule has 0 aliphatic carbocycles. The van der Waals surface area contributed by atoms with Crippen molar-refractivity contribution in [3.05, 3.63) is 10.4 Å². The van der Waals surface area contributed by atoms with Gasteiger partial charge in [0, 0.05) is 4.91 Å². The number of azide groups is 1. The molecule has 96 valence electrons. The molecular formula is C9H15N3O5. The summed E-state index contributed by atoms with van der Waals surface area (Å²) in [6.45, 7) is -0.185. The van der Waals surface area contributed by atoms with Crippen LogP contribution in [0.1, 0.15) is 6.42 Å². The minimum absolute atomic E-state index is 0.197. The van der Waals surface area contributed by atoms with Crippen molar-refractivity contribution < 1.29 is 24.8 Å². The Morgan fingerprint density at radius 2 is 2.12 bits per heavy atom. The highest BCUT2D eigenvalue weighted by Crippen LogP contribution is 2.30. The van der Waals surface area contributed by atoms with Crippen LogP contribution in [-0.4, -0.2) is 65.1 Å². The van der Waals surface area contributed by atoms with E-state index in [1.165, 1.54) is 0 Å². The van der Waals surface area contributed by atoms with Gasteiger partial charge in [-0.15, -0.1) is 0 Å². The quantitative estimate of drug-likeness (QED) is 0.324. The number of nitrogens with zero attached hydrogens (tertiary/aromatic N) is 3. The Morgan fingerprint density at radius 1 is 1.35 bits per heavy atom. The maximum atomic E-state index is 9.82. The van der Waals surface area contributed by atoms with Gasteiger partial charge in [-0.3, -0.25) is 0 Å². The molecule has 2 aliphatic heterocycles. The van der Waals surface area contributed by atoms with Crippen LogP contribution >= 0.6 is 0 Å². The molecule has 0 radical (unpaired) electrons. The van der Waals surface area contributed by atoms with Gasteiger partial charge in [0.1, 0.15) is 24.4 Å². The molecule has 2 aliphatic rings. The molecule has 2 rings (SSSR count). The zero-order valence-electron chi connectivity index (χ0n) is 9.09. The summed E-state index contributed by atoms with van der Waals surface area (Å²) >= 11 is 0. The number of ether oxygens (including phenoxy) is 2. The molecule has 8 nitrogen and oxygen atoms in total. The molecule has 17 heavy (non-hydrogen) atoms. The number of hydrogen-bond donors (Lipinski definition) is 3. The minimum atomic E-state index is -1.17. The Balaban J connectivity index is 2.07. The first kappa shape index (κ1) is 12.6. The lowest BCUT2D eigenvalue weighted by Gasteiger charge is -2.45. The normalized spacial score (nSPS) is 45.8. The molecule has 2 fully saturated rings. The third-order valence-electron chi connectivity index (χ3n) is 3.16. The largest absolute Gasteiger partial charge is 0.394 e. The van der Waals surface area contributed by atoms with Gasteiger partial charge in [-0.2, -0.15) is 0 Å². The molecular weight excluding hydrogens is 230 g/mol. The molecule has 0 spiro atoms. The summed E-state index contributed by atoms with van der Waals surface area (Å²) in [7, 11) is 0. The van der Waals surface area contributed by atoms with Crippen LogP contribution < -0.4 is 0 Å². The molecule has 8 heteroatoms. The summed E-state index contributed by atoms with van der Waals surface area (Å²) in [5.74, 6) is 0. The van der Waals surface area contributed by atoms with Gasteiger partial charge in [-0.05, 0) is 12.0 Å². The van der Waals surface area contributed by atoms with Crippen LogP contribution in [0.3, 0.4) is 0 Å². The van der Waals surface area contributed by atoms with E-state index in [2.05, 4.69) is 10.0 Å². The summed E-state index contributed by atoms with van der Waals surface area (Å²) in [5, 5.41) is 32.0. The summed E-state index contributed by atoms with van der Waals surface area (Å²) in [4.78, 5) is 2.70. The summed E-state index contributed by atoms with van der Waals surface area (Å²) in [6, 6.07) is -0.344. The monoisotopic (exact) mass is 245 g/mol. The molecule has 0 aromatic carbocycles. The predicted octanol–water partition coefficient (Wildman–Crippen LogP) is -1.06. The van der Waals surface area contributed by atoms with Gasteiger partial charge in [0.05, 0.1) is 25.4 Å². The number of fused-ring (bicyclic) bond motifs is 1. The average Bonchev–Trinajstić information content (AvgIpc) is 2.34. The van der Waals surface area contributed by atoms with E-state index in [0.29, 0.717) is 6.42 Å². The van der Waals surface area contributed by atoms with Gasteiger partial charge < -0.3 is 24.8 Å². The number of aliphatic hydroxyl groups excluding tert-OH is 3. The van der Waals surface area contributed by atoms with E-state index in [1.807, 2.05) is 0 Å². The van der Waals surface area contributed by atoms with E-state index in [4.69, 9.17) is 20.1 Å². The van der Waals surface area contributed by atoms with Crippen LogP contribution in [0.5, 0.6) is 0 Å². The van der Waals surface area contributed by atoms with Crippen LogP contribution in [-0.2, 0) is 9.47 Å². The summed E-state index contributed by atoms with van der Waals surface area (Å²) < 4.78 is 10.8. The highest BCUT2D eigenvalue weighted by molar-refractivity contribution is 4.97. The Morgan fingerprint density at radius 3 is 2.76 bits per heavy atom. The van der Waals surface area contributed by atoms with Crippen molar-refractivity contribution in [3.8, 4) is 0 Å². The molecule has 0 amide bonds. The van der Waals surface area contributed by atoms with E-state index in [-0.39, 0.29) is 19.3 Å². The zero-order valence-corrected chi connectivity index (χ0v) is 9.09. The molecule has 0 aromatic rings. The van der Waals surface area contributed by atoms with Crippen LogP contribution in [0, 0.1) is 0 Å². The Kier molecular flexibility index (Phi) is 3.82. The van der Waals surface area contributed by atoms with Gasteiger partial charge in [0.15, 0.2) is 0 Å². The van der Waals surface area contributed by atoms with Crippen molar-refractivity contribution >= 4 is 0 Å². The molecule has 0 saturated carbocycles. The van der Waals surface area contributed by atoms with Gasteiger partial charge in [0.25, 0.3) is 0 Å². The maximum Gasteiger partial charge on any atom is 0.112 e. The molecule has 6 atom stereocenters. The second-order valence-electron chi connectivity index (χ2n) is 4.27. The number of rotatable bonds is 2. The fraction of sp³-hybridized carbons (Fsp3) is 1.00. The SMILES string of the molecule is [N-]=[N+]=N[C@H]1CO[C@@H]2[C@@H](O)[C@H](O)[C@@H](CO)O[C@H]2C1. The van der Waals surface area contributed by atoms with E-state index in [0.717, 1.165) is 0 Å². The van der Waals surface area contributed by atoms with Crippen molar-refractivity contribution in [3.63, 3.8) is 0 Å². The second kappa shape index (κ2) is 5.18. The van der Waals surface area contributed by atoms with Crippen molar-refractivity contribution in [1.29, 1.82) is 0 Å². The Bertz CT molecular complexity index is 322. The van der Waals surface area contributed by atoms with E-state index < -0.39 is 30.5 Å². The molecule has 3 N–H and O–H groups in total.